The summed E-state index contributed by atoms with van der Waals surface area (Å²) in [6, 6.07) is 7.45. The zero-order valence-electron chi connectivity index (χ0n) is 18.3. The van der Waals surface area contributed by atoms with Crippen molar-refractivity contribution in [1.29, 1.82) is 0 Å². The Morgan fingerprint density at radius 2 is 1.94 bits per heavy atom. The number of H-pyrrole nitrogens is 1. The number of fused-ring (bicyclic) bond motifs is 1. The van der Waals surface area contributed by atoms with Crippen molar-refractivity contribution in [3.8, 4) is 16.7 Å². The van der Waals surface area contributed by atoms with Crippen LogP contribution in [-0.2, 0) is 19.5 Å². The standard InChI is InChI=1S/C24H28N4O3S/c1-30-17-7-9-18(10-8-17)31-24-25-13-19(32-24)14-28-12-11-21-20(15-28)23(29)27-22(26-21)16-5-3-2-4-6-16/h7-10,13,16H,2-6,11-12,14-15H2,1H3,(H,26,27,29). The highest BCUT2D eigenvalue weighted by Crippen LogP contribution is 2.32. The van der Waals surface area contributed by atoms with Gasteiger partial charge >= 0.3 is 0 Å². The average Bonchev–Trinajstić information content (AvgIpc) is 3.27. The average molecular weight is 453 g/mol. The van der Waals surface area contributed by atoms with Crippen LogP contribution < -0.4 is 15.0 Å². The summed E-state index contributed by atoms with van der Waals surface area (Å²) in [4.78, 5) is 28.6. The zero-order valence-corrected chi connectivity index (χ0v) is 19.1. The van der Waals surface area contributed by atoms with Gasteiger partial charge in [-0.05, 0) is 37.1 Å². The Morgan fingerprint density at radius 3 is 2.72 bits per heavy atom. The molecule has 2 aliphatic rings. The number of hydrogen-bond acceptors (Lipinski definition) is 7. The van der Waals surface area contributed by atoms with Crippen LogP contribution in [0.3, 0.4) is 0 Å². The number of methoxy groups -OCH3 is 1. The molecular weight excluding hydrogens is 424 g/mol. The number of benzene rings is 1. The molecule has 1 aliphatic carbocycles. The van der Waals surface area contributed by atoms with Crippen LogP contribution >= 0.6 is 11.3 Å². The molecular formula is C24H28N4O3S. The molecule has 3 aromatic rings. The van der Waals surface area contributed by atoms with E-state index >= 15 is 0 Å². The maximum atomic E-state index is 12.8. The minimum atomic E-state index is 0.0353. The summed E-state index contributed by atoms with van der Waals surface area (Å²) in [6.07, 6.45) is 8.71. The van der Waals surface area contributed by atoms with Crippen LogP contribution in [0.4, 0.5) is 0 Å². The number of rotatable bonds is 6. The van der Waals surface area contributed by atoms with Gasteiger partial charge in [0.1, 0.15) is 17.3 Å². The molecule has 1 aromatic carbocycles. The predicted molar refractivity (Wildman–Crippen MR) is 124 cm³/mol. The Bertz CT molecular complexity index is 1120. The third-order valence-electron chi connectivity index (χ3n) is 6.33. The monoisotopic (exact) mass is 452 g/mol. The molecule has 1 aliphatic heterocycles. The Labute approximate surface area is 191 Å². The van der Waals surface area contributed by atoms with Gasteiger partial charge in [-0.2, -0.15) is 0 Å². The first-order valence-electron chi connectivity index (χ1n) is 11.3. The first-order chi connectivity index (χ1) is 15.7. The van der Waals surface area contributed by atoms with Gasteiger partial charge in [-0.1, -0.05) is 30.6 Å². The van der Waals surface area contributed by atoms with Gasteiger partial charge < -0.3 is 14.5 Å². The molecule has 0 radical (unpaired) electrons. The molecule has 7 nitrogen and oxygen atoms in total. The van der Waals surface area contributed by atoms with Gasteiger partial charge in [0.15, 0.2) is 0 Å². The summed E-state index contributed by atoms with van der Waals surface area (Å²) in [6.45, 7) is 2.25. The van der Waals surface area contributed by atoms with E-state index < -0.39 is 0 Å². The van der Waals surface area contributed by atoms with Gasteiger partial charge in [-0.25, -0.2) is 9.97 Å². The van der Waals surface area contributed by atoms with Crippen molar-refractivity contribution in [1.82, 2.24) is 19.9 Å². The first-order valence-corrected chi connectivity index (χ1v) is 12.1. The summed E-state index contributed by atoms with van der Waals surface area (Å²) in [7, 11) is 1.64. The van der Waals surface area contributed by atoms with E-state index in [0.29, 0.717) is 17.7 Å². The fraction of sp³-hybridized carbons (Fsp3) is 0.458. The Balaban J connectivity index is 1.23. The second-order valence-corrected chi connectivity index (χ2v) is 9.62. The van der Waals surface area contributed by atoms with Crippen molar-refractivity contribution in [2.45, 2.75) is 57.5 Å². The van der Waals surface area contributed by atoms with Crippen LogP contribution in [0.5, 0.6) is 16.7 Å². The molecule has 2 aromatic heterocycles. The Morgan fingerprint density at radius 1 is 1.16 bits per heavy atom. The quantitative estimate of drug-likeness (QED) is 0.587. The van der Waals surface area contributed by atoms with Crippen LogP contribution in [0.2, 0.25) is 0 Å². The third kappa shape index (κ3) is 4.71. The highest BCUT2D eigenvalue weighted by atomic mass is 32.1. The largest absolute Gasteiger partial charge is 0.497 e. The molecule has 3 heterocycles. The van der Waals surface area contributed by atoms with E-state index in [-0.39, 0.29) is 5.56 Å². The molecule has 0 atom stereocenters. The van der Waals surface area contributed by atoms with Crippen LogP contribution in [0.25, 0.3) is 0 Å². The summed E-state index contributed by atoms with van der Waals surface area (Å²) in [5.41, 5.74) is 1.83. The van der Waals surface area contributed by atoms with Crippen molar-refractivity contribution in [2.75, 3.05) is 13.7 Å². The minimum Gasteiger partial charge on any atom is -0.497 e. The van der Waals surface area contributed by atoms with E-state index in [9.17, 15) is 4.79 Å². The molecule has 0 spiro atoms. The van der Waals surface area contributed by atoms with E-state index in [4.69, 9.17) is 14.5 Å². The predicted octanol–water partition coefficient (Wildman–Crippen LogP) is 4.63. The smallest absolute Gasteiger partial charge is 0.278 e. The van der Waals surface area contributed by atoms with Gasteiger partial charge in [-0.15, -0.1) is 0 Å². The zero-order chi connectivity index (χ0) is 21.9. The van der Waals surface area contributed by atoms with Gasteiger partial charge in [0.2, 0.25) is 0 Å². The van der Waals surface area contributed by atoms with Crippen molar-refractivity contribution in [3.05, 3.63) is 62.8 Å². The molecule has 5 rings (SSSR count). The molecule has 8 heteroatoms. The number of ether oxygens (including phenoxy) is 2. The fourth-order valence-corrected chi connectivity index (χ4v) is 5.40. The fourth-order valence-electron chi connectivity index (χ4n) is 4.58. The molecule has 0 amide bonds. The number of hydrogen-bond donors (Lipinski definition) is 1. The van der Waals surface area contributed by atoms with Gasteiger partial charge in [-0.3, -0.25) is 9.69 Å². The summed E-state index contributed by atoms with van der Waals surface area (Å²) in [5, 5.41) is 0.610. The van der Waals surface area contributed by atoms with Gasteiger partial charge in [0.25, 0.3) is 10.8 Å². The SMILES string of the molecule is COc1ccc(Oc2ncc(CN3CCc4nc(C5CCCCC5)[nH]c(=O)c4C3)s2)cc1. The maximum Gasteiger partial charge on any atom is 0.278 e. The maximum absolute atomic E-state index is 12.8. The second-order valence-electron chi connectivity index (χ2n) is 8.54. The molecule has 0 unspecified atom stereocenters. The molecule has 168 valence electrons. The number of thiazole rings is 1. The molecule has 1 fully saturated rings. The highest BCUT2D eigenvalue weighted by molar-refractivity contribution is 7.13. The lowest BCUT2D eigenvalue weighted by atomic mass is 9.88. The van der Waals surface area contributed by atoms with Crippen LogP contribution in [0.15, 0.2) is 35.3 Å². The molecule has 1 N–H and O–H groups in total. The van der Waals surface area contributed by atoms with Crippen molar-refractivity contribution in [2.24, 2.45) is 0 Å². The number of nitrogens with one attached hydrogen (secondary N) is 1. The molecule has 32 heavy (non-hydrogen) atoms. The lowest BCUT2D eigenvalue weighted by Gasteiger charge is -2.28. The summed E-state index contributed by atoms with van der Waals surface area (Å²) in [5.74, 6) is 2.84. The van der Waals surface area contributed by atoms with Gasteiger partial charge in [0, 0.05) is 43.0 Å². The van der Waals surface area contributed by atoms with E-state index in [1.54, 1.807) is 7.11 Å². The topological polar surface area (TPSA) is 80.3 Å². The molecule has 0 bridgehead atoms. The van der Waals surface area contributed by atoms with Crippen molar-refractivity contribution < 1.29 is 9.47 Å². The van der Waals surface area contributed by atoms with E-state index in [0.717, 1.165) is 65.8 Å². The van der Waals surface area contributed by atoms with E-state index in [2.05, 4.69) is 14.9 Å². The third-order valence-corrected chi connectivity index (χ3v) is 7.19. The van der Waals surface area contributed by atoms with E-state index in [1.165, 1.54) is 30.6 Å². The Kier molecular flexibility index (Phi) is 6.23. The van der Waals surface area contributed by atoms with Crippen molar-refractivity contribution in [3.63, 3.8) is 0 Å². The number of aromatic nitrogens is 3. The van der Waals surface area contributed by atoms with Crippen molar-refractivity contribution >= 4 is 11.3 Å². The van der Waals surface area contributed by atoms with Crippen LogP contribution in [0.1, 0.15) is 60.0 Å². The number of nitrogens with zero attached hydrogens (tertiary/aromatic N) is 3. The molecule has 1 saturated carbocycles. The number of aromatic amines is 1. The Hall–Kier alpha value is -2.71. The van der Waals surface area contributed by atoms with Crippen LogP contribution in [0, 0.1) is 0 Å². The lowest BCUT2D eigenvalue weighted by molar-refractivity contribution is 0.243. The molecule has 0 saturated heterocycles. The lowest BCUT2D eigenvalue weighted by Crippen LogP contribution is -2.36. The second kappa shape index (κ2) is 9.42. The van der Waals surface area contributed by atoms with E-state index in [1.807, 2.05) is 30.5 Å². The minimum absolute atomic E-state index is 0.0353. The normalized spacial score (nSPS) is 17.2. The first kappa shape index (κ1) is 21.2. The highest BCUT2D eigenvalue weighted by Gasteiger charge is 2.25. The summed E-state index contributed by atoms with van der Waals surface area (Å²) >= 11 is 1.53. The summed E-state index contributed by atoms with van der Waals surface area (Å²) < 4.78 is 11.0. The van der Waals surface area contributed by atoms with Gasteiger partial charge in [0.05, 0.1) is 18.4 Å². The van der Waals surface area contributed by atoms with Crippen LogP contribution in [-0.4, -0.2) is 33.5 Å².